The Labute approximate surface area is 147 Å². The van der Waals surface area contributed by atoms with E-state index in [1.165, 1.54) is 24.3 Å². The molecule has 0 aromatic heterocycles. The normalized spacial score (nSPS) is 16.0. The maximum atomic E-state index is 14.7. The molecule has 2 aromatic rings. The summed E-state index contributed by atoms with van der Waals surface area (Å²) < 4.78 is 29.1. The van der Waals surface area contributed by atoms with E-state index in [4.69, 9.17) is 0 Å². The number of halogens is 2. The van der Waals surface area contributed by atoms with Gasteiger partial charge in [0.2, 0.25) is 0 Å². The topological polar surface area (TPSA) is 49.3 Å². The summed E-state index contributed by atoms with van der Waals surface area (Å²) in [5.74, 6) is -1.99. The Kier molecular flexibility index (Phi) is 5.02. The number of para-hydroxylation sites is 1. The molecular weight excluding hydrogens is 324 g/mol. The van der Waals surface area contributed by atoms with Gasteiger partial charge in [0.25, 0.3) is 5.91 Å². The third-order valence-electron chi connectivity index (χ3n) is 4.94. The molecule has 0 aliphatic heterocycles. The van der Waals surface area contributed by atoms with E-state index in [1.54, 1.807) is 19.1 Å². The fourth-order valence-electron chi connectivity index (χ4n) is 3.56. The van der Waals surface area contributed by atoms with Gasteiger partial charge < -0.3 is 10.4 Å². The second-order valence-corrected chi connectivity index (χ2v) is 6.60. The zero-order chi connectivity index (χ0) is 18.0. The Morgan fingerprint density at radius 2 is 1.88 bits per heavy atom. The predicted octanol–water partition coefficient (Wildman–Crippen LogP) is 4.89. The molecule has 0 saturated heterocycles. The maximum Gasteiger partial charge on any atom is 0.255 e. The molecule has 0 radical (unpaired) electrons. The summed E-state index contributed by atoms with van der Waals surface area (Å²) >= 11 is 0. The Hall–Kier alpha value is -2.43. The molecular formula is C20H23F2NO2. The number of hydrogen-bond acceptors (Lipinski definition) is 2. The van der Waals surface area contributed by atoms with Crippen LogP contribution in [0.5, 0.6) is 5.75 Å². The van der Waals surface area contributed by atoms with Crippen molar-refractivity contribution in [3.8, 4) is 5.75 Å². The van der Waals surface area contributed by atoms with Gasteiger partial charge in [0.1, 0.15) is 17.4 Å². The van der Waals surface area contributed by atoms with Gasteiger partial charge in [-0.05, 0) is 49.4 Å². The van der Waals surface area contributed by atoms with Crippen LogP contribution in [-0.2, 0) is 0 Å². The van der Waals surface area contributed by atoms with Crippen LogP contribution in [-0.4, -0.2) is 11.0 Å². The Morgan fingerprint density at radius 1 is 1.20 bits per heavy atom. The van der Waals surface area contributed by atoms with Crippen LogP contribution in [0.2, 0.25) is 0 Å². The highest BCUT2D eigenvalue weighted by atomic mass is 19.1. The number of benzene rings is 2. The monoisotopic (exact) mass is 347 g/mol. The van der Waals surface area contributed by atoms with Gasteiger partial charge >= 0.3 is 0 Å². The number of phenols is 1. The third-order valence-corrected chi connectivity index (χ3v) is 4.94. The lowest BCUT2D eigenvalue weighted by atomic mass is 9.89. The molecule has 0 bridgehead atoms. The van der Waals surface area contributed by atoms with Crippen molar-refractivity contribution in [2.24, 2.45) is 5.92 Å². The Balaban J connectivity index is 0.00000243. The maximum absolute atomic E-state index is 14.7. The second kappa shape index (κ2) is 7.21. The van der Waals surface area contributed by atoms with Gasteiger partial charge in [0.15, 0.2) is 0 Å². The fourth-order valence-corrected chi connectivity index (χ4v) is 3.56. The highest BCUT2D eigenvalue weighted by Gasteiger charge is 2.32. The van der Waals surface area contributed by atoms with Crippen LogP contribution in [0, 0.1) is 24.5 Å². The zero-order valence-electron chi connectivity index (χ0n) is 14.1. The largest absolute Gasteiger partial charge is 0.507 e. The van der Waals surface area contributed by atoms with Crippen molar-refractivity contribution in [1.29, 1.82) is 0 Å². The first-order valence-electron chi connectivity index (χ1n) is 8.52. The standard InChI is InChI=1S/C20H21F2NO2.H2/c1-12-10-11-15(21)17(18(12)22)19(13-6-2-3-7-13)23-20(25)14-8-4-5-9-16(14)24;/h4-5,8-11,13,19,24H,2-3,6-7H2,1H3,(H,23,25);1H/t19-;/m0./s1. The Morgan fingerprint density at radius 3 is 2.56 bits per heavy atom. The molecule has 1 amide bonds. The molecule has 1 aliphatic carbocycles. The smallest absolute Gasteiger partial charge is 0.255 e. The number of phenolic OH excluding ortho intramolecular Hbond substituents is 1. The van der Waals surface area contributed by atoms with Crippen LogP contribution >= 0.6 is 0 Å². The number of amides is 1. The molecule has 1 atom stereocenters. The van der Waals surface area contributed by atoms with Crippen LogP contribution in [0.3, 0.4) is 0 Å². The van der Waals surface area contributed by atoms with Crippen LogP contribution in [0.4, 0.5) is 8.78 Å². The lowest BCUT2D eigenvalue weighted by Gasteiger charge is -2.26. The fraction of sp³-hybridized carbons (Fsp3) is 0.350. The van der Waals surface area contributed by atoms with E-state index in [2.05, 4.69) is 5.32 Å². The third kappa shape index (κ3) is 3.50. The van der Waals surface area contributed by atoms with E-state index in [9.17, 15) is 18.7 Å². The van der Waals surface area contributed by atoms with E-state index in [-0.39, 0.29) is 24.2 Å². The summed E-state index contributed by atoms with van der Waals surface area (Å²) in [5.41, 5.74) is 0.353. The van der Waals surface area contributed by atoms with E-state index in [0.29, 0.717) is 5.56 Å². The average molecular weight is 347 g/mol. The van der Waals surface area contributed by atoms with Crippen LogP contribution in [0.1, 0.15) is 54.6 Å². The average Bonchev–Trinajstić information content (AvgIpc) is 3.12. The lowest BCUT2D eigenvalue weighted by Crippen LogP contribution is -2.34. The Bertz CT molecular complexity index is 791. The molecule has 25 heavy (non-hydrogen) atoms. The van der Waals surface area contributed by atoms with E-state index in [0.717, 1.165) is 25.7 Å². The van der Waals surface area contributed by atoms with Crippen LogP contribution in [0.15, 0.2) is 36.4 Å². The van der Waals surface area contributed by atoms with E-state index < -0.39 is 23.6 Å². The molecule has 0 unspecified atom stereocenters. The van der Waals surface area contributed by atoms with Crippen molar-refractivity contribution < 1.29 is 20.1 Å². The summed E-state index contributed by atoms with van der Waals surface area (Å²) in [6.07, 6.45) is 3.56. The first kappa shape index (κ1) is 17.4. The van der Waals surface area contributed by atoms with E-state index in [1.807, 2.05) is 0 Å². The molecule has 0 spiro atoms. The van der Waals surface area contributed by atoms with Crippen molar-refractivity contribution in [2.75, 3.05) is 0 Å². The minimum absolute atomic E-state index is 0. The molecule has 134 valence electrons. The predicted molar refractivity (Wildman–Crippen MR) is 93.5 cm³/mol. The number of aromatic hydroxyl groups is 1. The second-order valence-electron chi connectivity index (χ2n) is 6.60. The molecule has 1 fully saturated rings. The first-order chi connectivity index (χ1) is 12.0. The number of hydrogen-bond donors (Lipinski definition) is 2. The molecule has 0 heterocycles. The van der Waals surface area contributed by atoms with Crippen molar-refractivity contribution in [2.45, 2.75) is 38.6 Å². The first-order valence-corrected chi connectivity index (χ1v) is 8.52. The zero-order valence-corrected chi connectivity index (χ0v) is 14.1. The summed E-state index contributed by atoms with van der Waals surface area (Å²) in [6, 6.07) is 8.02. The van der Waals surface area contributed by atoms with E-state index >= 15 is 0 Å². The SMILES string of the molecule is Cc1ccc(F)c([C@@H](NC(=O)c2ccccc2O)C2CCCC2)c1F.[HH]. The van der Waals surface area contributed by atoms with Crippen molar-refractivity contribution in [1.82, 2.24) is 5.32 Å². The van der Waals surface area contributed by atoms with Gasteiger partial charge in [-0.2, -0.15) is 0 Å². The van der Waals surface area contributed by atoms with Crippen molar-refractivity contribution >= 4 is 5.91 Å². The summed E-state index contributed by atoms with van der Waals surface area (Å²) in [6.45, 7) is 1.58. The lowest BCUT2D eigenvalue weighted by molar-refractivity contribution is 0.0917. The van der Waals surface area contributed by atoms with Gasteiger partial charge in [-0.1, -0.05) is 31.0 Å². The highest BCUT2D eigenvalue weighted by Crippen LogP contribution is 2.38. The molecule has 3 rings (SSSR count). The molecule has 2 N–H and O–H groups in total. The summed E-state index contributed by atoms with van der Waals surface area (Å²) in [5, 5.41) is 12.6. The highest BCUT2D eigenvalue weighted by molar-refractivity contribution is 5.97. The minimum atomic E-state index is -0.755. The molecule has 5 heteroatoms. The molecule has 2 aromatic carbocycles. The molecule has 1 aliphatic rings. The molecule has 1 saturated carbocycles. The number of nitrogens with one attached hydrogen (secondary N) is 1. The van der Waals surface area contributed by atoms with Crippen LogP contribution < -0.4 is 5.32 Å². The summed E-state index contributed by atoms with van der Waals surface area (Å²) in [7, 11) is 0. The van der Waals surface area contributed by atoms with Gasteiger partial charge in [0.05, 0.1) is 11.6 Å². The van der Waals surface area contributed by atoms with Crippen LogP contribution in [0.25, 0.3) is 0 Å². The quantitative estimate of drug-likeness (QED) is 0.827. The van der Waals surface area contributed by atoms with Crippen molar-refractivity contribution in [3.05, 3.63) is 64.7 Å². The number of carbonyl (C=O) groups excluding carboxylic acids is 1. The van der Waals surface area contributed by atoms with Gasteiger partial charge in [0, 0.05) is 6.99 Å². The number of rotatable bonds is 4. The number of aryl methyl sites for hydroxylation is 1. The van der Waals surface area contributed by atoms with Gasteiger partial charge in [-0.25, -0.2) is 8.78 Å². The minimum Gasteiger partial charge on any atom is -0.507 e. The van der Waals surface area contributed by atoms with Crippen molar-refractivity contribution in [3.63, 3.8) is 0 Å². The summed E-state index contributed by atoms with van der Waals surface area (Å²) in [4.78, 5) is 12.6. The van der Waals surface area contributed by atoms with Gasteiger partial charge in [-0.15, -0.1) is 0 Å². The molecule has 3 nitrogen and oxygen atoms in total. The van der Waals surface area contributed by atoms with Gasteiger partial charge in [-0.3, -0.25) is 4.79 Å². The number of carbonyl (C=O) groups is 1.